The number of hydrogen-bond acceptors (Lipinski definition) is 3. The van der Waals surface area contributed by atoms with Crippen LogP contribution in [0.3, 0.4) is 0 Å². The van der Waals surface area contributed by atoms with Gasteiger partial charge in [-0.05, 0) is 0 Å². The van der Waals surface area contributed by atoms with Gasteiger partial charge in [0.05, 0.1) is 0 Å². The highest BCUT2D eigenvalue weighted by Gasteiger charge is 2.26. The number of nitrogens with zero attached hydrogens (tertiary/aromatic N) is 1. The summed E-state index contributed by atoms with van der Waals surface area (Å²) in [6.07, 6.45) is 4.78. The molecule has 16 heavy (non-hydrogen) atoms. The smallest absolute Gasteiger partial charge is 0.322 e. The molecule has 0 aromatic carbocycles. The number of carbonyl (C=O) groups is 1. The van der Waals surface area contributed by atoms with Crippen molar-refractivity contribution in [3.05, 3.63) is 0 Å². The Morgan fingerprint density at radius 2 is 2.00 bits per heavy atom. The summed E-state index contributed by atoms with van der Waals surface area (Å²) in [5.74, 6) is 0.837. The first kappa shape index (κ1) is 14.9. The SMILES string of the molecule is C#CCC(NS(=O)(=O)N(CC)CC)C(=O)O. The maximum atomic E-state index is 11.7. The van der Waals surface area contributed by atoms with Gasteiger partial charge >= 0.3 is 5.97 Å². The second-order valence-electron chi connectivity index (χ2n) is 3.01. The predicted molar refractivity (Wildman–Crippen MR) is 59.9 cm³/mol. The Kier molecular flexibility index (Phi) is 6.03. The Bertz CT molecular complexity index is 367. The zero-order chi connectivity index (χ0) is 12.8. The number of carboxylic acids is 1. The van der Waals surface area contributed by atoms with Crippen molar-refractivity contribution in [1.82, 2.24) is 9.03 Å². The van der Waals surface area contributed by atoms with Crippen LogP contribution in [-0.4, -0.2) is 42.9 Å². The highest BCUT2D eigenvalue weighted by Crippen LogP contribution is 2.01. The molecule has 0 saturated heterocycles. The standard InChI is InChI=1S/C9H16N2O4S/c1-4-7-8(9(12)13)10-16(14,15)11(5-2)6-3/h1,8,10H,5-7H2,2-3H3,(H,12,13). The third kappa shape index (κ3) is 4.18. The molecule has 1 atom stereocenters. The summed E-state index contributed by atoms with van der Waals surface area (Å²) in [6, 6.07) is -1.28. The molecule has 0 bridgehead atoms. The molecule has 0 aromatic rings. The Morgan fingerprint density at radius 1 is 1.50 bits per heavy atom. The summed E-state index contributed by atoms with van der Waals surface area (Å²) in [5.41, 5.74) is 0. The van der Waals surface area contributed by atoms with E-state index in [2.05, 4.69) is 10.6 Å². The first-order chi connectivity index (χ1) is 7.38. The third-order valence-electron chi connectivity index (χ3n) is 1.96. The summed E-state index contributed by atoms with van der Waals surface area (Å²) >= 11 is 0. The van der Waals surface area contributed by atoms with E-state index in [0.29, 0.717) is 0 Å². The number of terminal acetylenes is 1. The summed E-state index contributed by atoms with van der Waals surface area (Å²) < 4.78 is 26.5. The fraction of sp³-hybridized carbons (Fsp3) is 0.667. The van der Waals surface area contributed by atoms with Gasteiger partial charge in [-0.15, -0.1) is 12.3 Å². The number of carboxylic acid groups (broad SMARTS) is 1. The van der Waals surface area contributed by atoms with E-state index >= 15 is 0 Å². The van der Waals surface area contributed by atoms with Crippen molar-refractivity contribution in [1.29, 1.82) is 0 Å². The Balaban J connectivity index is 4.80. The van der Waals surface area contributed by atoms with Crippen LogP contribution in [0.15, 0.2) is 0 Å². The number of nitrogens with one attached hydrogen (secondary N) is 1. The normalized spacial score (nSPS) is 13.4. The minimum absolute atomic E-state index is 0.185. The number of hydrogen-bond donors (Lipinski definition) is 2. The molecule has 0 aliphatic rings. The van der Waals surface area contributed by atoms with Crippen molar-refractivity contribution in [3.63, 3.8) is 0 Å². The van der Waals surface area contributed by atoms with E-state index in [4.69, 9.17) is 11.5 Å². The molecule has 0 aliphatic carbocycles. The zero-order valence-electron chi connectivity index (χ0n) is 9.30. The van der Waals surface area contributed by atoms with Crippen LogP contribution in [0.5, 0.6) is 0 Å². The Labute approximate surface area is 95.8 Å². The lowest BCUT2D eigenvalue weighted by Gasteiger charge is -2.21. The fourth-order valence-corrected chi connectivity index (χ4v) is 2.49. The van der Waals surface area contributed by atoms with E-state index in [1.165, 1.54) is 0 Å². The van der Waals surface area contributed by atoms with Gasteiger partial charge in [-0.3, -0.25) is 4.79 Å². The minimum Gasteiger partial charge on any atom is -0.480 e. The van der Waals surface area contributed by atoms with Crippen molar-refractivity contribution in [2.45, 2.75) is 26.3 Å². The van der Waals surface area contributed by atoms with Gasteiger partial charge in [0.1, 0.15) is 6.04 Å². The Morgan fingerprint density at radius 3 is 2.31 bits per heavy atom. The molecular formula is C9H16N2O4S. The van der Waals surface area contributed by atoms with E-state index in [0.717, 1.165) is 4.31 Å². The van der Waals surface area contributed by atoms with Gasteiger partial charge in [-0.2, -0.15) is 17.4 Å². The van der Waals surface area contributed by atoms with Crippen LogP contribution in [0.25, 0.3) is 0 Å². The third-order valence-corrected chi connectivity index (χ3v) is 3.74. The van der Waals surface area contributed by atoms with Gasteiger partial charge in [0.2, 0.25) is 0 Å². The van der Waals surface area contributed by atoms with Gasteiger partial charge in [0.15, 0.2) is 0 Å². The van der Waals surface area contributed by atoms with Crippen LogP contribution in [0.4, 0.5) is 0 Å². The quantitative estimate of drug-likeness (QED) is 0.602. The first-order valence-corrected chi connectivity index (χ1v) is 6.26. The van der Waals surface area contributed by atoms with Crippen LogP contribution in [0, 0.1) is 12.3 Å². The Hall–Kier alpha value is -1.10. The summed E-state index contributed by atoms with van der Waals surface area (Å²) in [7, 11) is -3.78. The van der Waals surface area contributed by atoms with Gasteiger partial charge in [-0.25, -0.2) is 0 Å². The highest BCUT2D eigenvalue weighted by molar-refractivity contribution is 7.87. The zero-order valence-corrected chi connectivity index (χ0v) is 10.1. The van der Waals surface area contributed by atoms with Crippen molar-refractivity contribution in [3.8, 4) is 12.3 Å². The summed E-state index contributed by atoms with van der Waals surface area (Å²) in [4.78, 5) is 10.7. The summed E-state index contributed by atoms with van der Waals surface area (Å²) in [5, 5.41) is 8.75. The topological polar surface area (TPSA) is 86.7 Å². The van der Waals surface area contributed by atoms with E-state index in [1.807, 2.05) is 0 Å². The van der Waals surface area contributed by atoms with Crippen molar-refractivity contribution in [2.75, 3.05) is 13.1 Å². The van der Waals surface area contributed by atoms with Crippen molar-refractivity contribution < 1.29 is 18.3 Å². The largest absolute Gasteiger partial charge is 0.480 e. The monoisotopic (exact) mass is 248 g/mol. The maximum absolute atomic E-state index is 11.7. The molecule has 0 fully saturated rings. The molecule has 1 unspecified atom stereocenters. The van der Waals surface area contributed by atoms with Crippen LogP contribution in [-0.2, 0) is 15.0 Å². The second kappa shape index (κ2) is 6.48. The molecular weight excluding hydrogens is 232 g/mol. The average molecular weight is 248 g/mol. The molecule has 6 nitrogen and oxygen atoms in total. The van der Waals surface area contributed by atoms with E-state index < -0.39 is 22.2 Å². The molecule has 2 N–H and O–H groups in total. The maximum Gasteiger partial charge on any atom is 0.322 e. The van der Waals surface area contributed by atoms with E-state index in [-0.39, 0.29) is 19.5 Å². The molecule has 0 radical (unpaired) electrons. The van der Waals surface area contributed by atoms with Gasteiger partial charge < -0.3 is 5.11 Å². The van der Waals surface area contributed by atoms with Crippen LogP contribution in [0.2, 0.25) is 0 Å². The van der Waals surface area contributed by atoms with E-state index in [9.17, 15) is 13.2 Å². The summed E-state index contributed by atoms with van der Waals surface area (Å²) in [6.45, 7) is 3.88. The molecule has 0 spiro atoms. The molecule has 0 aromatic heterocycles. The molecule has 7 heteroatoms. The lowest BCUT2D eigenvalue weighted by Crippen LogP contribution is -2.48. The molecule has 0 amide bonds. The molecule has 0 saturated carbocycles. The average Bonchev–Trinajstić information content (AvgIpc) is 2.18. The van der Waals surface area contributed by atoms with Crippen LogP contribution >= 0.6 is 0 Å². The molecule has 0 rings (SSSR count). The van der Waals surface area contributed by atoms with Gasteiger partial charge in [0.25, 0.3) is 10.2 Å². The van der Waals surface area contributed by atoms with Gasteiger partial charge in [-0.1, -0.05) is 13.8 Å². The molecule has 0 heterocycles. The fourth-order valence-electron chi connectivity index (χ4n) is 1.12. The van der Waals surface area contributed by atoms with Crippen molar-refractivity contribution in [2.24, 2.45) is 0 Å². The van der Waals surface area contributed by atoms with Crippen LogP contribution < -0.4 is 4.72 Å². The number of rotatable bonds is 7. The molecule has 0 aliphatic heterocycles. The lowest BCUT2D eigenvalue weighted by atomic mass is 10.2. The second-order valence-corrected chi connectivity index (χ2v) is 4.71. The first-order valence-electron chi connectivity index (χ1n) is 4.82. The lowest BCUT2D eigenvalue weighted by molar-refractivity contribution is -0.138. The minimum atomic E-state index is -3.78. The van der Waals surface area contributed by atoms with Crippen molar-refractivity contribution >= 4 is 16.2 Å². The van der Waals surface area contributed by atoms with Crippen LogP contribution in [0.1, 0.15) is 20.3 Å². The molecule has 92 valence electrons. The predicted octanol–water partition coefficient (Wildman–Crippen LogP) is -0.361. The van der Waals surface area contributed by atoms with E-state index in [1.54, 1.807) is 13.8 Å². The highest BCUT2D eigenvalue weighted by atomic mass is 32.2. The van der Waals surface area contributed by atoms with Gasteiger partial charge in [0, 0.05) is 19.5 Å². The number of aliphatic carboxylic acids is 1.